The standard InChI is InChI=1S/C14H14F3N3/c1-8-6-20-7-12(14(15,16)17)19-13(20)10-3-2-9(5-18)4-11(8)10/h2-4,7-8H,5-6,18H2,1H3. The van der Waals surface area contributed by atoms with Crippen LogP contribution in [-0.4, -0.2) is 9.55 Å². The summed E-state index contributed by atoms with van der Waals surface area (Å²) in [6.07, 6.45) is -3.32. The number of alkyl halides is 3. The number of hydrogen-bond donors (Lipinski definition) is 1. The van der Waals surface area contributed by atoms with Crippen LogP contribution in [0.4, 0.5) is 13.2 Å². The Hall–Kier alpha value is -1.82. The molecule has 0 spiro atoms. The molecule has 1 unspecified atom stereocenters. The summed E-state index contributed by atoms with van der Waals surface area (Å²) in [6.45, 7) is 2.91. The van der Waals surface area contributed by atoms with E-state index in [9.17, 15) is 13.2 Å². The molecular formula is C14H14F3N3. The highest BCUT2D eigenvalue weighted by Crippen LogP contribution is 2.38. The second-order valence-electron chi connectivity index (χ2n) is 5.13. The number of imidazole rings is 1. The second kappa shape index (κ2) is 4.34. The van der Waals surface area contributed by atoms with Crippen molar-refractivity contribution in [2.75, 3.05) is 0 Å². The van der Waals surface area contributed by atoms with E-state index in [4.69, 9.17) is 5.73 Å². The lowest BCUT2D eigenvalue weighted by atomic mass is 9.90. The predicted octanol–water partition coefficient (Wildman–Crippen LogP) is 3.14. The minimum absolute atomic E-state index is 0.138. The lowest BCUT2D eigenvalue weighted by molar-refractivity contribution is -0.140. The Labute approximate surface area is 114 Å². The Kier molecular flexibility index (Phi) is 2.86. The zero-order valence-corrected chi connectivity index (χ0v) is 10.9. The van der Waals surface area contributed by atoms with Gasteiger partial charge in [-0.1, -0.05) is 25.1 Å². The smallest absolute Gasteiger partial charge is 0.330 e. The molecule has 1 aromatic carbocycles. The number of aromatic nitrogens is 2. The van der Waals surface area contributed by atoms with Crippen molar-refractivity contribution in [1.82, 2.24) is 9.55 Å². The van der Waals surface area contributed by atoms with Gasteiger partial charge in [-0.15, -0.1) is 0 Å². The number of nitrogens with zero attached hydrogens (tertiary/aromatic N) is 2. The summed E-state index contributed by atoms with van der Waals surface area (Å²) in [4.78, 5) is 3.76. The summed E-state index contributed by atoms with van der Waals surface area (Å²) in [5.41, 5.74) is 7.53. The van der Waals surface area contributed by atoms with E-state index in [0.29, 0.717) is 18.9 Å². The molecule has 2 aromatic rings. The van der Waals surface area contributed by atoms with Crippen molar-refractivity contribution in [2.24, 2.45) is 5.73 Å². The summed E-state index contributed by atoms with van der Waals surface area (Å²) in [5, 5.41) is 0. The number of benzene rings is 1. The van der Waals surface area contributed by atoms with Crippen molar-refractivity contribution in [3.8, 4) is 11.4 Å². The highest BCUT2D eigenvalue weighted by atomic mass is 19.4. The van der Waals surface area contributed by atoms with Crippen LogP contribution in [0, 0.1) is 0 Å². The minimum atomic E-state index is -4.41. The maximum atomic E-state index is 12.8. The molecule has 1 aromatic heterocycles. The number of hydrogen-bond acceptors (Lipinski definition) is 2. The zero-order chi connectivity index (χ0) is 14.5. The van der Waals surface area contributed by atoms with Crippen LogP contribution < -0.4 is 5.73 Å². The fraction of sp³-hybridized carbons (Fsp3) is 0.357. The Balaban J connectivity index is 2.16. The van der Waals surface area contributed by atoms with Gasteiger partial charge in [0.25, 0.3) is 0 Å². The molecule has 0 saturated heterocycles. The van der Waals surface area contributed by atoms with Gasteiger partial charge < -0.3 is 10.3 Å². The van der Waals surface area contributed by atoms with Gasteiger partial charge in [0.05, 0.1) is 0 Å². The normalized spacial score (nSPS) is 17.8. The van der Waals surface area contributed by atoms with Crippen molar-refractivity contribution < 1.29 is 13.2 Å². The lowest BCUT2D eigenvalue weighted by Gasteiger charge is -2.24. The first kappa shape index (κ1) is 13.2. The fourth-order valence-corrected chi connectivity index (χ4v) is 2.65. The van der Waals surface area contributed by atoms with Gasteiger partial charge in [0.1, 0.15) is 5.82 Å². The van der Waals surface area contributed by atoms with Crippen LogP contribution in [0.2, 0.25) is 0 Å². The predicted molar refractivity (Wildman–Crippen MR) is 69.0 cm³/mol. The molecule has 6 heteroatoms. The van der Waals surface area contributed by atoms with E-state index in [0.717, 1.165) is 22.9 Å². The first-order valence-electron chi connectivity index (χ1n) is 6.37. The summed E-state index contributed by atoms with van der Waals surface area (Å²) in [5.74, 6) is 0.522. The topological polar surface area (TPSA) is 43.8 Å². The maximum absolute atomic E-state index is 12.8. The summed E-state index contributed by atoms with van der Waals surface area (Å²) < 4.78 is 39.9. The van der Waals surface area contributed by atoms with Crippen molar-refractivity contribution >= 4 is 0 Å². The van der Waals surface area contributed by atoms with Crippen LogP contribution >= 0.6 is 0 Å². The van der Waals surface area contributed by atoms with Gasteiger partial charge in [0.2, 0.25) is 0 Å². The van der Waals surface area contributed by atoms with Gasteiger partial charge in [-0.25, -0.2) is 4.98 Å². The first-order valence-corrected chi connectivity index (χ1v) is 6.37. The molecule has 0 radical (unpaired) electrons. The van der Waals surface area contributed by atoms with Crippen LogP contribution in [-0.2, 0) is 19.3 Å². The average molecular weight is 281 g/mol. The van der Waals surface area contributed by atoms with Gasteiger partial charge in [-0.05, 0) is 17.0 Å². The van der Waals surface area contributed by atoms with Crippen molar-refractivity contribution in [3.63, 3.8) is 0 Å². The third kappa shape index (κ3) is 2.00. The Morgan fingerprint density at radius 1 is 1.40 bits per heavy atom. The highest BCUT2D eigenvalue weighted by Gasteiger charge is 2.36. The SMILES string of the molecule is CC1Cn2cc(C(F)(F)F)nc2-c2ccc(CN)cc21. The Bertz CT molecular complexity index is 658. The van der Waals surface area contributed by atoms with Gasteiger partial charge in [-0.2, -0.15) is 13.2 Å². The molecule has 3 rings (SSSR count). The first-order chi connectivity index (χ1) is 9.40. The molecule has 0 amide bonds. The summed E-state index contributed by atoms with van der Waals surface area (Å²) in [6, 6.07) is 5.61. The van der Waals surface area contributed by atoms with E-state index in [1.165, 1.54) is 0 Å². The molecular weight excluding hydrogens is 267 g/mol. The quantitative estimate of drug-likeness (QED) is 0.872. The molecule has 0 aliphatic carbocycles. The third-order valence-corrected chi connectivity index (χ3v) is 3.66. The molecule has 0 saturated carbocycles. The molecule has 20 heavy (non-hydrogen) atoms. The second-order valence-corrected chi connectivity index (χ2v) is 5.13. The number of fused-ring (bicyclic) bond motifs is 3. The highest BCUT2D eigenvalue weighted by molar-refractivity contribution is 5.64. The number of halogens is 3. The van der Waals surface area contributed by atoms with Crippen LogP contribution in [0.5, 0.6) is 0 Å². The largest absolute Gasteiger partial charge is 0.434 e. The molecule has 0 bridgehead atoms. The number of nitrogens with two attached hydrogens (primary N) is 1. The molecule has 1 atom stereocenters. The van der Waals surface area contributed by atoms with Crippen LogP contribution in [0.15, 0.2) is 24.4 Å². The van der Waals surface area contributed by atoms with Crippen LogP contribution in [0.3, 0.4) is 0 Å². The van der Waals surface area contributed by atoms with Crippen molar-refractivity contribution in [1.29, 1.82) is 0 Å². The van der Waals surface area contributed by atoms with Crippen molar-refractivity contribution in [2.45, 2.75) is 32.1 Å². The van der Waals surface area contributed by atoms with E-state index in [1.54, 1.807) is 4.57 Å². The van der Waals surface area contributed by atoms with Gasteiger partial charge in [-0.3, -0.25) is 0 Å². The summed E-state index contributed by atoms with van der Waals surface area (Å²) >= 11 is 0. The van der Waals surface area contributed by atoms with Gasteiger partial charge in [0.15, 0.2) is 5.69 Å². The minimum Gasteiger partial charge on any atom is -0.330 e. The monoisotopic (exact) mass is 281 g/mol. The molecule has 1 aliphatic rings. The third-order valence-electron chi connectivity index (χ3n) is 3.66. The molecule has 1 aliphatic heterocycles. The molecule has 3 nitrogen and oxygen atoms in total. The fourth-order valence-electron chi connectivity index (χ4n) is 2.65. The maximum Gasteiger partial charge on any atom is 0.434 e. The van der Waals surface area contributed by atoms with Crippen LogP contribution in [0.1, 0.15) is 29.7 Å². The van der Waals surface area contributed by atoms with Crippen LogP contribution in [0.25, 0.3) is 11.4 Å². The average Bonchev–Trinajstić information content (AvgIpc) is 2.82. The molecule has 0 fully saturated rings. The van der Waals surface area contributed by atoms with Gasteiger partial charge in [0, 0.05) is 24.8 Å². The van der Waals surface area contributed by atoms with E-state index < -0.39 is 11.9 Å². The molecule has 2 N–H and O–H groups in total. The van der Waals surface area contributed by atoms with E-state index in [1.807, 2.05) is 25.1 Å². The zero-order valence-electron chi connectivity index (χ0n) is 10.9. The van der Waals surface area contributed by atoms with Crippen molar-refractivity contribution in [3.05, 3.63) is 41.2 Å². The number of rotatable bonds is 1. The Morgan fingerprint density at radius 3 is 2.80 bits per heavy atom. The van der Waals surface area contributed by atoms with E-state index >= 15 is 0 Å². The van der Waals surface area contributed by atoms with E-state index in [2.05, 4.69) is 4.98 Å². The molecule has 106 valence electrons. The lowest BCUT2D eigenvalue weighted by Crippen LogP contribution is -2.15. The Morgan fingerprint density at radius 2 is 2.15 bits per heavy atom. The molecule has 2 heterocycles. The van der Waals surface area contributed by atoms with E-state index in [-0.39, 0.29) is 5.92 Å². The summed E-state index contributed by atoms with van der Waals surface area (Å²) in [7, 11) is 0. The van der Waals surface area contributed by atoms with Gasteiger partial charge >= 0.3 is 6.18 Å².